The number of rotatable bonds is 2. The zero-order valence-corrected chi connectivity index (χ0v) is 8.89. The van der Waals surface area contributed by atoms with Gasteiger partial charge in [-0.1, -0.05) is 6.07 Å². The average Bonchev–Trinajstić information content (AvgIpc) is 2.67. The number of cyclic esters (lactones) is 1. The molecule has 0 aromatic heterocycles. The second-order valence-corrected chi connectivity index (χ2v) is 3.35. The van der Waals surface area contributed by atoms with Crippen LogP contribution in [0.25, 0.3) is 0 Å². The molecule has 1 fully saturated rings. The van der Waals surface area contributed by atoms with Gasteiger partial charge >= 0.3 is 6.09 Å². The van der Waals surface area contributed by atoms with Gasteiger partial charge in [0.15, 0.2) is 0 Å². The molecule has 0 aliphatic carbocycles. The summed E-state index contributed by atoms with van der Waals surface area (Å²) in [6.45, 7) is 0. The number of carbonyl (C=O) groups is 2. The lowest BCUT2D eigenvalue weighted by Gasteiger charge is -2.08. The molecule has 1 aliphatic rings. The number of ether oxygens (including phenoxy) is 2. The number of alkyl carbamates (subject to hydrolysis) is 1. The van der Waals surface area contributed by atoms with Crippen molar-refractivity contribution in [2.24, 2.45) is 0 Å². The van der Waals surface area contributed by atoms with Gasteiger partial charge in [-0.05, 0) is 12.1 Å². The van der Waals surface area contributed by atoms with Crippen LogP contribution in [0, 0.1) is 11.3 Å². The number of carbonyl (C=O) groups excluding carboxylic acids is 2. The number of nitrogens with zero attached hydrogens (tertiary/aromatic N) is 1. The fraction of sp³-hybridized carbons (Fsp3) is 0.182. The van der Waals surface area contributed by atoms with Crippen LogP contribution >= 0.6 is 0 Å². The third-order valence-electron chi connectivity index (χ3n) is 2.34. The number of nitrogens with one attached hydrogen (secondary N) is 1. The first-order valence-corrected chi connectivity index (χ1v) is 4.75. The molecule has 1 aliphatic heterocycles. The normalized spacial score (nSPS) is 18.2. The van der Waals surface area contributed by atoms with E-state index in [0.29, 0.717) is 11.3 Å². The molecule has 0 bridgehead atoms. The van der Waals surface area contributed by atoms with E-state index >= 15 is 0 Å². The molecule has 1 saturated heterocycles. The lowest BCUT2D eigenvalue weighted by molar-refractivity contribution is -0.123. The number of imide groups is 1. The highest BCUT2D eigenvalue weighted by Crippen LogP contribution is 2.26. The van der Waals surface area contributed by atoms with Crippen molar-refractivity contribution in [1.29, 1.82) is 5.26 Å². The highest BCUT2D eigenvalue weighted by Gasteiger charge is 2.33. The predicted molar refractivity (Wildman–Crippen MR) is 55.1 cm³/mol. The van der Waals surface area contributed by atoms with Gasteiger partial charge in [0.05, 0.1) is 12.7 Å². The summed E-state index contributed by atoms with van der Waals surface area (Å²) in [4.78, 5) is 22.2. The van der Waals surface area contributed by atoms with E-state index in [1.165, 1.54) is 13.2 Å². The van der Waals surface area contributed by atoms with E-state index in [4.69, 9.17) is 14.7 Å². The zero-order valence-electron chi connectivity index (χ0n) is 8.89. The standard InChI is InChI=1S/C11H8N2O4/c1-16-8-3-2-6(4-7(8)5-12)9-10(14)13-11(15)17-9/h2-4,9H,1H3,(H,13,14,15). The molecule has 1 heterocycles. The monoisotopic (exact) mass is 232 g/mol. The SMILES string of the molecule is COc1ccc(C2OC(=O)NC2=O)cc1C#N. The molecule has 0 radical (unpaired) electrons. The van der Waals surface area contributed by atoms with Gasteiger partial charge < -0.3 is 9.47 Å². The van der Waals surface area contributed by atoms with Crippen molar-refractivity contribution >= 4 is 12.0 Å². The Bertz CT molecular complexity index is 533. The Labute approximate surface area is 96.7 Å². The van der Waals surface area contributed by atoms with Crippen LogP contribution in [0.5, 0.6) is 5.75 Å². The summed E-state index contributed by atoms with van der Waals surface area (Å²) in [5, 5.41) is 10.9. The lowest BCUT2D eigenvalue weighted by Crippen LogP contribution is -2.20. The number of hydrogen-bond acceptors (Lipinski definition) is 5. The molecule has 1 N–H and O–H groups in total. The highest BCUT2D eigenvalue weighted by atomic mass is 16.6. The number of amides is 2. The fourth-order valence-electron chi connectivity index (χ4n) is 1.55. The summed E-state index contributed by atoms with van der Waals surface area (Å²) in [5.41, 5.74) is 0.714. The second-order valence-electron chi connectivity index (χ2n) is 3.35. The first-order chi connectivity index (χ1) is 8.15. The van der Waals surface area contributed by atoms with Crippen LogP contribution in [0.4, 0.5) is 4.79 Å². The van der Waals surface area contributed by atoms with Gasteiger partial charge in [-0.2, -0.15) is 5.26 Å². The van der Waals surface area contributed by atoms with E-state index in [1.54, 1.807) is 12.1 Å². The summed E-state index contributed by atoms with van der Waals surface area (Å²) >= 11 is 0. The Kier molecular flexibility index (Phi) is 2.66. The smallest absolute Gasteiger partial charge is 0.415 e. The summed E-state index contributed by atoms with van der Waals surface area (Å²) in [5.74, 6) is -0.134. The molecule has 86 valence electrons. The van der Waals surface area contributed by atoms with Gasteiger partial charge in [0, 0.05) is 5.56 Å². The Balaban J connectivity index is 2.38. The Morgan fingerprint density at radius 2 is 2.24 bits per heavy atom. The van der Waals surface area contributed by atoms with E-state index in [1.807, 2.05) is 11.4 Å². The van der Waals surface area contributed by atoms with Gasteiger partial charge in [-0.3, -0.25) is 10.1 Å². The molecule has 2 rings (SSSR count). The summed E-state index contributed by atoms with van der Waals surface area (Å²) in [7, 11) is 1.44. The molecule has 6 nitrogen and oxygen atoms in total. The number of hydrogen-bond donors (Lipinski definition) is 1. The summed E-state index contributed by atoms with van der Waals surface area (Å²) in [6, 6.07) is 6.52. The maximum atomic E-state index is 11.4. The van der Waals surface area contributed by atoms with Crippen LogP contribution in [-0.4, -0.2) is 19.1 Å². The molecule has 2 amide bonds. The molecule has 1 atom stereocenters. The van der Waals surface area contributed by atoms with E-state index in [0.717, 1.165) is 0 Å². The van der Waals surface area contributed by atoms with Crippen molar-refractivity contribution in [3.8, 4) is 11.8 Å². The Hall–Kier alpha value is -2.55. The molecule has 17 heavy (non-hydrogen) atoms. The van der Waals surface area contributed by atoms with Crippen molar-refractivity contribution in [1.82, 2.24) is 5.32 Å². The van der Waals surface area contributed by atoms with Crippen LogP contribution in [-0.2, 0) is 9.53 Å². The lowest BCUT2D eigenvalue weighted by atomic mass is 10.1. The summed E-state index contributed by atoms with van der Waals surface area (Å²) < 4.78 is 9.75. The second kappa shape index (κ2) is 4.14. The molecule has 0 spiro atoms. The van der Waals surface area contributed by atoms with Gasteiger partial charge in [0.2, 0.25) is 6.10 Å². The first kappa shape index (κ1) is 11.0. The minimum absolute atomic E-state index is 0.278. The summed E-state index contributed by atoms with van der Waals surface area (Å²) in [6.07, 6.45) is -1.78. The third kappa shape index (κ3) is 1.90. The minimum Gasteiger partial charge on any atom is -0.495 e. The number of methoxy groups -OCH3 is 1. The van der Waals surface area contributed by atoms with Crippen molar-refractivity contribution in [2.75, 3.05) is 7.11 Å². The fourth-order valence-corrected chi connectivity index (χ4v) is 1.55. The molecule has 1 aromatic carbocycles. The van der Waals surface area contributed by atoms with Crippen LogP contribution in [0.15, 0.2) is 18.2 Å². The number of benzene rings is 1. The number of nitriles is 1. The van der Waals surface area contributed by atoms with Crippen LogP contribution in [0.2, 0.25) is 0 Å². The maximum Gasteiger partial charge on any atom is 0.415 e. The van der Waals surface area contributed by atoms with E-state index in [2.05, 4.69) is 0 Å². The predicted octanol–water partition coefficient (Wildman–Crippen LogP) is 0.874. The average molecular weight is 232 g/mol. The molecular weight excluding hydrogens is 224 g/mol. The van der Waals surface area contributed by atoms with E-state index in [9.17, 15) is 9.59 Å². The van der Waals surface area contributed by atoms with Crippen molar-refractivity contribution in [3.05, 3.63) is 29.3 Å². The highest BCUT2D eigenvalue weighted by molar-refractivity contribution is 6.00. The van der Waals surface area contributed by atoms with Gasteiger partial charge in [0.25, 0.3) is 5.91 Å². The third-order valence-corrected chi connectivity index (χ3v) is 2.34. The van der Waals surface area contributed by atoms with Gasteiger partial charge in [-0.25, -0.2) is 4.79 Å². The quantitative estimate of drug-likeness (QED) is 0.817. The van der Waals surface area contributed by atoms with Gasteiger partial charge in [0.1, 0.15) is 11.8 Å². The topological polar surface area (TPSA) is 88.4 Å². The Morgan fingerprint density at radius 1 is 1.47 bits per heavy atom. The zero-order chi connectivity index (χ0) is 12.4. The van der Waals surface area contributed by atoms with E-state index < -0.39 is 18.1 Å². The molecular formula is C11H8N2O4. The Morgan fingerprint density at radius 3 is 2.76 bits per heavy atom. The van der Waals surface area contributed by atoms with Crippen LogP contribution in [0.3, 0.4) is 0 Å². The molecule has 1 unspecified atom stereocenters. The van der Waals surface area contributed by atoms with Crippen molar-refractivity contribution in [3.63, 3.8) is 0 Å². The molecule has 6 heteroatoms. The van der Waals surface area contributed by atoms with Crippen LogP contribution in [0.1, 0.15) is 17.2 Å². The minimum atomic E-state index is -1.000. The molecule has 1 aromatic rings. The molecule has 0 saturated carbocycles. The largest absolute Gasteiger partial charge is 0.495 e. The van der Waals surface area contributed by atoms with Crippen LogP contribution < -0.4 is 10.1 Å². The van der Waals surface area contributed by atoms with Crippen molar-refractivity contribution < 1.29 is 19.1 Å². The maximum absolute atomic E-state index is 11.4. The first-order valence-electron chi connectivity index (χ1n) is 4.75. The van der Waals surface area contributed by atoms with E-state index in [-0.39, 0.29) is 5.56 Å². The van der Waals surface area contributed by atoms with Gasteiger partial charge in [-0.15, -0.1) is 0 Å². The van der Waals surface area contributed by atoms with Crippen molar-refractivity contribution in [2.45, 2.75) is 6.10 Å².